The van der Waals surface area contributed by atoms with Crippen LogP contribution in [0, 0.1) is 0 Å². The van der Waals surface area contributed by atoms with Crippen LogP contribution in [0.25, 0.3) is 0 Å². The van der Waals surface area contributed by atoms with Crippen molar-refractivity contribution in [1.82, 2.24) is 4.98 Å². The van der Waals surface area contributed by atoms with Crippen LogP contribution in [0.4, 0.5) is 0 Å². The number of pyridine rings is 1. The Labute approximate surface area is 96.3 Å². The van der Waals surface area contributed by atoms with Gasteiger partial charge in [-0.05, 0) is 19.1 Å². The van der Waals surface area contributed by atoms with E-state index in [-0.39, 0.29) is 28.1 Å². The molecule has 0 amide bonds. The van der Waals surface area contributed by atoms with E-state index in [0.717, 1.165) is 6.92 Å². The Balaban J connectivity index is 0. The Hall–Kier alpha value is -1.17. The third-order valence-corrected chi connectivity index (χ3v) is 0.874. The number of hydrogen-bond donors (Lipinski definition) is 0. The Morgan fingerprint density at radius 1 is 1.29 bits per heavy atom. The maximum Gasteiger partial charge on any atom is 0.0899 e. The average Bonchev–Trinajstić information content (AvgIpc) is 2.05. The van der Waals surface area contributed by atoms with Gasteiger partial charge in [-0.25, -0.2) is 0 Å². The maximum atomic E-state index is 10.0. The maximum absolute atomic E-state index is 10.0. The fourth-order valence-corrected chi connectivity index (χ4v) is 0.484. The molecule has 1 rings (SSSR count). The molecule has 0 fully saturated rings. The van der Waals surface area contributed by atoms with Crippen LogP contribution < -0.4 is 10.2 Å². The summed E-state index contributed by atoms with van der Waals surface area (Å²) in [6, 6.07) is 4.62. The number of carboxylic acid groups (broad SMARTS) is 2. The smallest absolute Gasteiger partial charge is 0.0899 e. The third kappa shape index (κ3) is 8.92. The molecule has 14 heavy (non-hydrogen) atoms. The van der Waals surface area contributed by atoms with Gasteiger partial charge in [-0.1, -0.05) is 6.07 Å². The van der Waals surface area contributed by atoms with E-state index in [1.807, 2.05) is 0 Å². The summed E-state index contributed by atoms with van der Waals surface area (Å²) in [5.41, 5.74) is -0.0301. The van der Waals surface area contributed by atoms with Crippen molar-refractivity contribution in [2.24, 2.45) is 0 Å². The number of aromatic nitrogens is 1. The number of rotatable bonds is 1. The van der Waals surface area contributed by atoms with Gasteiger partial charge in [0.25, 0.3) is 0 Å². The van der Waals surface area contributed by atoms with E-state index in [4.69, 9.17) is 9.90 Å². The molecule has 1 heterocycles. The molecule has 81 valence electrons. The van der Waals surface area contributed by atoms with Crippen molar-refractivity contribution in [1.29, 1.82) is 0 Å². The summed E-state index contributed by atoms with van der Waals surface area (Å²) in [6.45, 7) is 0.972. The van der Waals surface area contributed by atoms with Gasteiger partial charge in [0.15, 0.2) is 0 Å². The Morgan fingerprint density at radius 2 is 1.79 bits per heavy atom. The van der Waals surface area contributed by atoms with E-state index in [9.17, 15) is 9.90 Å². The minimum atomic E-state index is -1.24. The van der Waals surface area contributed by atoms with Gasteiger partial charge in [0.1, 0.15) is 0 Å². The first-order valence-corrected chi connectivity index (χ1v) is 3.34. The average molecular weight is 289 g/mol. The molecule has 0 aliphatic rings. The normalized spacial score (nSPS) is 7.50. The molecule has 1 aromatic rings. The minimum absolute atomic E-state index is 0. The fraction of sp³-hybridized carbons (Fsp3) is 0.125. The van der Waals surface area contributed by atoms with Crippen molar-refractivity contribution in [2.45, 2.75) is 6.92 Å². The monoisotopic (exact) mass is 288 g/mol. The van der Waals surface area contributed by atoms with Gasteiger partial charge in [0.05, 0.1) is 11.7 Å². The van der Waals surface area contributed by atoms with Gasteiger partial charge in [-0.2, -0.15) is 0 Å². The van der Waals surface area contributed by atoms with E-state index < -0.39 is 11.9 Å². The van der Waals surface area contributed by atoms with Crippen LogP contribution in [-0.4, -0.2) is 16.9 Å². The quantitative estimate of drug-likeness (QED) is 0.569. The summed E-state index contributed by atoms with van der Waals surface area (Å²) >= 11 is 0. The van der Waals surface area contributed by atoms with Crippen molar-refractivity contribution in [2.75, 3.05) is 0 Å². The second kappa shape index (κ2) is 8.43. The van der Waals surface area contributed by atoms with Crippen LogP contribution in [-0.2, 0) is 27.2 Å². The number of hydrogen-bond acceptors (Lipinski definition) is 5. The zero-order chi connectivity index (χ0) is 10.3. The number of aromatic carboxylic acids is 1. The first-order chi connectivity index (χ1) is 6.04. The molecular weight excluding hydrogens is 282 g/mol. The Bertz CT molecular complexity index is 285. The standard InChI is InChI=1S/C6H5NO2.C2H4O2.Ag/c8-6(9)5-3-1-2-4-7-5;1-2(3)4;/h1-4H,(H,8,9);1H3,(H,3,4);/p-2. The summed E-state index contributed by atoms with van der Waals surface area (Å²) in [5, 5.41) is 18.9. The first-order valence-electron chi connectivity index (χ1n) is 3.34. The van der Waals surface area contributed by atoms with Crippen LogP contribution in [0.1, 0.15) is 17.4 Å². The summed E-state index contributed by atoms with van der Waals surface area (Å²) in [6.07, 6.45) is 1.41. The molecule has 0 aliphatic heterocycles. The number of carboxylic acids is 2. The number of carbonyl (C=O) groups is 2. The molecule has 0 saturated carbocycles. The van der Waals surface area contributed by atoms with Crippen LogP contribution in [0.15, 0.2) is 24.4 Å². The van der Waals surface area contributed by atoms with Gasteiger partial charge < -0.3 is 19.8 Å². The summed E-state index contributed by atoms with van der Waals surface area (Å²) in [5.74, 6) is -2.32. The number of aliphatic carboxylic acids is 1. The molecule has 5 nitrogen and oxygen atoms in total. The predicted molar refractivity (Wildman–Crippen MR) is 39.2 cm³/mol. The molecule has 0 saturated heterocycles. The molecule has 0 N–H and O–H groups in total. The van der Waals surface area contributed by atoms with Crippen molar-refractivity contribution < 1.29 is 42.2 Å². The third-order valence-electron chi connectivity index (χ3n) is 0.874. The molecule has 0 aromatic carbocycles. The molecule has 1 aromatic heterocycles. The van der Waals surface area contributed by atoms with Gasteiger partial charge in [0.2, 0.25) is 0 Å². The van der Waals surface area contributed by atoms with Crippen molar-refractivity contribution in [3.63, 3.8) is 0 Å². The molecular formula is C8H7AgNO4-2. The number of nitrogens with zero attached hydrogens (tertiary/aromatic N) is 1. The van der Waals surface area contributed by atoms with Gasteiger partial charge in [-0.15, -0.1) is 0 Å². The molecule has 0 unspecified atom stereocenters. The molecule has 1 radical (unpaired) electrons. The molecule has 0 spiro atoms. The molecule has 0 atom stereocenters. The zero-order valence-electron chi connectivity index (χ0n) is 7.19. The van der Waals surface area contributed by atoms with E-state index in [1.54, 1.807) is 12.1 Å². The summed E-state index contributed by atoms with van der Waals surface area (Å²) < 4.78 is 0. The first kappa shape index (κ1) is 15.3. The number of carbonyl (C=O) groups excluding carboxylic acids is 2. The SMILES string of the molecule is CC(=O)[O-].O=C([O-])c1ccccn1.[Ag]. The van der Waals surface area contributed by atoms with E-state index in [0.29, 0.717) is 0 Å². The van der Waals surface area contributed by atoms with Gasteiger partial charge in [-0.3, -0.25) is 4.98 Å². The van der Waals surface area contributed by atoms with Crippen molar-refractivity contribution in [3.8, 4) is 0 Å². The second-order valence-corrected chi connectivity index (χ2v) is 1.99. The molecule has 0 aliphatic carbocycles. The molecule has 6 heteroatoms. The predicted octanol–water partition coefficient (Wildman–Crippen LogP) is -1.80. The van der Waals surface area contributed by atoms with Crippen LogP contribution in [0.5, 0.6) is 0 Å². The Kier molecular flexibility index (Phi) is 9.22. The fourth-order valence-electron chi connectivity index (χ4n) is 0.484. The summed E-state index contributed by atoms with van der Waals surface area (Å²) in [7, 11) is 0. The van der Waals surface area contributed by atoms with E-state index >= 15 is 0 Å². The van der Waals surface area contributed by atoms with Crippen LogP contribution in [0.3, 0.4) is 0 Å². The van der Waals surface area contributed by atoms with Crippen molar-refractivity contribution >= 4 is 11.9 Å². The van der Waals surface area contributed by atoms with Crippen molar-refractivity contribution in [3.05, 3.63) is 30.1 Å². The van der Waals surface area contributed by atoms with Crippen LogP contribution in [0.2, 0.25) is 0 Å². The van der Waals surface area contributed by atoms with Gasteiger partial charge >= 0.3 is 0 Å². The zero-order valence-corrected chi connectivity index (χ0v) is 8.67. The second-order valence-electron chi connectivity index (χ2n) is 1.99. The minimum Gasteiger partial charge on any atom is -0.550 e. The summed E-state index contributed by atoms with van der Waals surface area (Å²) in [4.78, 5) is 22.4. The largest absolute Gasteiger partial charge is 0.550 e. The Morgan fingerprint density at radius 3 is 2.00 bits per heavy atom. The molecule has 0 bridgehead atoms. The van der Waals surface area contributed by atoms with E-state index in [2.05, 4.69) is 4.98 Å². The van der Waals surface area contributed by atoms with Crippen LogP contribution >= 0.6 is 0 Å². The van der Waals surface area contributed by atoms with Gasteiger partial charge in [0, 0.05) is 34.5 Å². The topological polar surface area (TPSA) is 93.1 Å². The van der Waals surface area contributed by atoms with E-state index in [1.165, 1.54) is 12.3 Å².